The van der Waals surface area contributed by atoms with Gasteiger partial charge in [0.2, 0.25) is 0 Å². The van der Waals surface area contributed by atoms with E-state index in [1.807, 2.05) is 6.07 Å². The number of hydrogen-bond donors (Lipinski definition) is 2. The van der Waals surface area contributed by atoms with Crippen LogP contribution in [-0.4, -0.2) is 11.0 Å². The van der Waals surface area contributed by atoms with Crippen LogP contribution in [0.2, 0.25) is 5.02 Å². The molecule has 5 heteroatoms. The van der Waals surface area contributed by atoms with E-state index in [1.54, 1.807) is 0 Å². The number of aliphatic hydroxyl groups is 1. The van der Waals surface area contributed by atoms with E-state index < -0.39 is 12.0 Å². The molecule has 0 saturated heterocycles. The molecule has 0 aliphatic heterocycles. The van der Waals surface area contributed by atoms with Crippen LogP contribution in [-0.2, 0) is 4.79 Å². The maximum atomic E-state index is 10.6. The first kappa shape index (κ1) is 10.5. The number of carbonyl (C=O) groups is 1. The number of benzene rings is 1. The quantitative estimate of drug-likeness (QED) is 0.755. The molecule has 1 rings (SSSR count). The van der Waals surface area contributed by atoms with Crippen LogP contribution in [0, 0.1) is 11.3 Å². The van der Waals surface area contributed by atoms with Crippen molar-refractivity contribution < 1.29 is 9.90 Å². The summed E-state index contributed by atoms with van der Waals surface area (Å²) in [5, 5.41) is 18.0. The van der Waals surface area contributed by atoms with Crippen molar-refractivity contribution in [1.82, 2.24) is 0 Å². The van der Waals surface area contributed by atoms with E-state index in [0.29, 0.717) is 0 Å². The van der Waals surface area contributed by atoms with Gasteiger partial charge in [0.15, 0.2) is 6.10 Å². The molecule has 0 saturated carbocycles. The minimum atomic E-state index is -1.39. The fraction of sp³-hybridized carbons (Fsp3) is 0.111. The van der Waals surface area contributed by atoms with E-state index >= 15 is 0 Å². The van der Waals surface area contributed by atoms with E-state index in [0.717, 1.165) is 0 Å². The van der Waals surface area contributed by atoms with Crippen LogP contribution >= 0.6 is 11.6 Å². The number of nitriles is 1. The molecule has 0 spiro atoms. The number of amides is 1. The number of primary amides is 1. The lowest BCUT2D eigenvalue weighted by atomic mass is 10.1. The van der Waals surface area contributed by atoms with Crippen molar-refractivity contribution in [3.8, 4) is 6.07 Å². The standard InChI is InChI=1S/C9H7ClN2O2/c10-7-3-5(8(13)9(12)14)1-2-6(7)4-11/h1-3,8,13H,(H2,12,14)/t8-/m0/s1. The van der Waals surface area contributed by atoms with Gasteiger partial charge in [-0.1, -0.05) is 17.7 Å². The van der Waals surface area contributed by atoms with E-state index in [-0.39, 0.29) is 16.1 Å². The fourth-order valence-corrected chi connectivity index (χ4v) is 1.19. The zero-order valence-corrected chi connectivity index (χ0v) is 7.82. The number of aliphatic hydroxyl groups excluding tert-OH is 1. The van der Waals surface area contributed by atoms with Gasteiger partial charge in [0.25, 0.3) is 5.91 Å². The molecule has 0 heterocycles. The number of hydrogen-bond acceptors (Lipinski definition) is 3. The number of rotatable bonds is 2. The summed E-state index contributed by atoms with van der Waals surface area (Å²) >= 11 is 5.69. The van der Waals surface area contributed by atoms with Gasteiger partial charge in [-0.2, -0.15) is 5.26 Å². The molecule has 0 radical (unpaired) electrons. The second-order valence-electron chi connectivity index (χ2n) is 2.66. The molecule has 0 aliphatic rings. The number of carbonyl (C=O) groups excluding carboxylic acids is 1. The van der Waals surface area contributed by atoms with Gasteiger partial charge in [0, 0.05) is 0 Å². The molecule has 1 atom stereocenters. The highest BCUT2D eigenvalue weighted by Gasteiger charge is 2.14. The molecule has 1 aromatic rings. The normalized spacial score (nSPS) is 11.8. The molecule has 3 N–H and O–H groups in total. The highest BCUT2D eigenvalue weighted by Crippen LogP contribution is 2.21. The molecule has 0 fully saturated rings. The Morgan fingerprint density at radius 1 is 1.64 bits per heavy atom. The first-order valence-corrected chi connectivity index (χ1v) is 4.11. The van der Waals surface area contributed by atoms with Crippen LogP contribution in [0.15, 0.2) is 18.2 Å². The van der Waals surface area contributed by atoms with Crippen molar-refractivity contribution in [3.05, 3.63) is 34.3 Å². The second kappa shape index (κ2) is 4.09. The average molecular weight is 211 g/mol. The predicted octanol–water partition coefficient (Wildman–Crippen LogP) is 0.730. The lowest BCUT2D eigenvalue weighted by Crippen LogP contribution is -2.20. The summed E-state index contributed by atoms with van der Waals surface area (Å²) in [6, 6.07) is 6.05. The highest BCUT2D eigenvalue weighted by atomic mass is 35.5. The van der Waals surface area contributed by atoms with Crippen LogP contribution in [0.25, 0.3) is 0 Å². The molecular weight excluding hydrogens is 204 g/mol. The molecule has 1 amide bonds. The third-order valence-electron chi connectivity index (χ3n) is 1.70. The lowest BCUT2D eigenvalue weighted by Gasteiger charge is -2.06. The molecule has 14 heavy (non-hydrogen) atoms. The highest BCUT2D eigenvalue weighted by molar-refractivity contribution is 6.31. The Morgan fingerprint density at radius 3 is 2.71 bits per heavy atom. The summed E-state index contributed by atoms with van der Waals surface area (Å²) in [6.45, 7) is 0. The van der Waals surface area contributed by atoms with E-state index in [4.69, 9.17) is 22.6 Å². The van der Waals surface area contributed by atoms with Crippen LogP contribution in [0.1, 0.15) is 17.2 Å². The SMILES string of the molecule is N#Cc1ccc([C@H](O)C(N)=O)cc1Cl. The van der Waals surface area contributed by atoms with Crippen LogP contribution in [0.4, 0.5) is 0 Å². The summed E-state index contributed by atoms with van der Waals surface area (Å²) in [6.07, 6.45) is -1.39. The van der Waals surface area contributed by atoms with Crippen molar-refractivity contribution >= 4 is 17.5 Å². The zero-order chi connectivity index (χ0) is 10.7. The number of halogens is 1. The lowest BCUT2D eigenvalue weighted by molar-refractivity contribution is -0.126. The first-order valence-electron chi connectivity index (χ1n) is 3.73. The Labute approximate surface area is 85.5 Å². The van der Waals surface area contributed by atoms with Gasteiger partial charge in [0.05, 0.1) is 10.6 Å². The summed E-state index contributed by atoms with van der Waals surface area (Å²) in [4.78, 5) is 10.6. The van der Waals surface area contributed by atoms with Crippen LogP contribution < -0.4 is 5.73 Å². The fourth-order valence-electron chi connectivity index (χ4n) is 0.956. The zero-order valence-electron chi connectivity index (χ0n) is 7.07. The largest absolute Gasteiger partial charge is 0.378 e. The molecule has 0 aliphatic carbocycles. The average Bonchev–Trinajstić information content (AvgIpc) is 2.16. The first-order chi connectivity index (χ1) is 6.56. The molecular formula is C9H7ClN2O2. The second-order valence-corrected chi connectivity index (χ2v) is 3.06. The Kier molecular flexibility index (Phi) is 3.07. The third-order valence-corrected chi connectivity index (χ3v) is 2.01. The van der Waals surface area contributed by atoms with Crippen LogP contribution in [0.5, 0.6) is 0 Å². The van der Waals surface area contributed by atoms with Crippen molar-refractivity contribution in [2.75, 3.05) is 0 Å². The Morgan fingerprint density at radius 2 is 2.29 bits per heavy atom. The van der Waals surface area contributed by atoms with Crippen LogP contribution in [0.3, 0.4) is 0 Å². The number of nitrogens with two attached hydrogens (primary N) is 1. The van der Waals surface area contributed by atoms with E-state index in [9.17, 15) is 9.90 Å². The minimum absolute atomic E-state index is 0.185. The van der Waals surface area contributed by atoms with Gasteiger partial charge in [0.1, 0.15) is 6.07 Å². The summed E-state index contributed by atoms with van der Waals surface area (Å²) in [5.74, 6) is -0.856. The predicted molar refractivity (Wildman–Crippen MR) is 50.3 cm³/mol. The monoisotopic (exact) mass is 210 g/mol. The topological polar surface area (TPSA) is 87.1 Å². The Balaban J connectivity index is 3.10. The molecule has 1 aromatic carbocycles. The van der Waals surface area contributed by atoms with Gasteiger partial charge in [-0.05, 0) is 17.7 Å². The van der Waals surface area contributed by atoms with Crippen molar-refractivity contribution in [2.45, 2.75) is 6.10 Å². The molecule has 72 valence electrons. The molecule has 4 nitrogen and oxygen atoms in total. The van der Waals surface area contributed by atoms with Gasteiger partial charge in [-0.15, -0.1) is 0 Å². The Hall–Kier alpha value is -1.57. The summed E-state index contributed by atoms with van der Waals surface area (Å²) < 4.78 is 0. The van der Waals surface area contributed by atoms with Crippen molar-refractivity contribution in [3.63, 3.8) is 0 Å². The van der Waals surface area contributed by atoms with Gasteiger partial charge >= 0.3 is 0 Å². The smallest absolute Gasteiger partial charge is 0.250 e. The molecule has 0 unspecified atom stereocenters. The summed E-state index contributed by atoms with van der Waals surface area (Å²) in [5.41, 5.74) is 5.46. The van der Waals surface area contributed by atoms with E-state index in [1.165, 1.54) is 18.2 Å². The van der Waals surface area contributed by atoms with Gasteiger partial charge in [-0.3, -0.25) is 4.79 Å². The number of nitrogens with zero attached hydrogens (tertiary/aromatic N) is 1. The summed E-state index contributed by atoms with van der Waals surface area (Å²) in [7, 11) is 0. The Bertz CT molecular complexity index is 412. The molecule has 0 aromatic heterocycles. The maximum Gasteiger partial charge on any atom is 0.250 e. The third kappa shape index (κ3) is 2.02. The molecule has 0 bridgehead atoms. The van der Waals surface area contributed by atoms with Crippen molar-refractivity contribution in [1.29, 1.82) is 5.26 Å². The van der Waals surface area contributed by atoms with Gasteiger partial charge < -0.3 is 10.8 Å². The van der Waals surface area contributed by atoms with Crippen molar-refractivity contribution in [2.24, 2.45) is 5.73 Å². The minimum Gasteiger partial charge on any atom is -0.378 e. The maximum absolute atomic E-state index is 10.6. The van der Waals surface area contributed by atoms with E-state index in [2.05, 4.69) is 0 Å². The van der Waals surface area contributed by atoms with Gasteiger partial charge in [-0.25, -0.2) is 0 Å².